The van der Waals surface area contributed by atoms with Crippen molar-refractivity contribution in [3.05, 3.63) is 58.1 Å². The van der Waals surface area contributed by atoms with Gasteiger partial charge in [0.25, 0.3) is 5.91 Å². The van der Waals surface area contributed by atoms with Crippen molar-refractivity contribution in [1.82, 2.24) is 5.32 Å². The van der Waals surface area contributed by atoms with Gasteiger partial charge in [-0.05, 0) is 48.4 Å². The highest BCUT2D eigenvalue weighted by Gasteiger charge is 2.26. The Kier molecular flexibility index (Phi) is 6.28. The maximum absolute atomic E-state index is 12.5. The number of benzene rings is 2. The number of rotatable bonds is 5. The summed E-state index contributed by atoms with van der Waals surface area (Å²) >= 11 is 11.7. The van der Waals surface area contributed by atoms with Crippen LogP contribution in [0.25, 0.3) is 0 Å². The standard InChI is InChI=1S/C18H18Cl2N2O3/c1-10(2)16(18(25)21-13-6-3-11(19)4-7-13)22-17(24)14-9-12(20)5-8-15(14)23/h3-10,16,23H,1-2H3,(H,21,25)(H,22,24)/t16-/m0/s1. The summed E-state index contributed by atoms with van der Waals surface area (Å²) in [5, 5.41) is 16.1. The molecule has 1 atom stereocenters. The predicted molar refractivity (Wildman–Crippen MR) is 99.3 cm³/mol. The number of hydrogen-bond acceptors (Lipinski definition) is 3. The van der Waals surface area contributed by atoms with Gasteiger partial charge in [-0.3, -0.25) is 9.59 Å². The Hall–Kier alpha value is -2.24. The topological polar surface area (TPSA) is 78.4 Å². The zero-order valence-electron chi connectivity index (χ0n) is 13.7. The van der Waals surface area contributed by atoms with Crippen molar-refractivity contribution >= 4 is 40.7 Å². The first kappa shape index (κ1) is 19.1. The van der Waals surface area contributed by atoms with E-state index in [9.17, 15) is 14.7 Å². The zero-order valence-corrected chi connectivity index (χ0v) is 15.2. The lowest BCUT2D eigenvalue weighted by Crippen LogP contribution is -2.47. The summed E-state index contributed by atoms with van der Waals surface area (Å²) in [6, 6.07) is 10.0. The molecular formula is C18H18Cl2N2O3. The molecular weight excluding hydrogens is 363 g/mol. The van der Waals surface area contributed by atoms with Crippen molar-refractivity contribution in [2.45, 2.75) is 19.9 Å². The molecule has 0 radical (unpaired) electrons. The fraction of sp³-hybridized carbons (Fsp3) is 0.222. The number of carbonyl (C=O) groups is 2. The van der Waals surface area contributed by atoms with Crippen molar-refractivity contribution < 1.29 is 14.7 Å². The second-order valence-electron chi connectivity index (χ2n) is 5.85. The van der Waals surface area contributed by atoms with E-state index in [1.165, 1.54) is 18.2 Å². The number of aromatic hydroxyl groups is 1. The van der Waals surface area contributed by atoms with Gasteiger partial charge in [0.05, 0.1) is 5.56 Å². The SMILES string of the molecule is CC(C)[C@H](NC(=O)c1cc(Cl)ccc1O)C(=O)Nc1ccc(Cl)cc1. The van der Waals surface area contributed by atoms with Crippen LogP contribution < -0.4 is 10.6 Å². The second-order valence-corrected chi connectivity index (χ2v) is 6.73. The summed E-state index contributed by atoms with van der Waals surface area (Å²) in [6.45, 7) is 3.62. The number of nitrogens with one attached hydrogen (secondary N) is 2. The summed E-state index contributed by atoms with van der Waals surface area (Å²) < 4.78 is 0. The molecule has 2 amide bonds. The van der Waals surface area contributed by atoms with E-state index in [-0.39, 0.29) is 23.1 Å². The monoisotopic (exact) mass is 380 g/mol. The van der Waals surface area contributed by atoms with Gasteiger partial charge >= 0.3 is 0 Å². The third kappa shape index (κ3) is 5.11. The molecule has 0 aliphatic carbocycles. The van der Waals surface area contributed by atoms with E-state index < -0.39 is 11.9 Å². The molecule has 25 heavy (non-hydrogen) atoms. The van der Waals surface area contributed by atoms with Crippen LogP contribution in [0.5, 0.6) is 5.75 Å². The molecule has 0 fully saturated rings. The van der Waals surface area contributed by atoms with Gasteiger partial charge in [-0.15, -0.1) is 0 Å². The van der Waals surface area contributed by atoms with Gasteiger partial charge in [0.1, 0.15) is 11.8 Å². The third-order valence-electron chi connectivity index (χ3n) is 3.55. The van der Waals surface area contributed by atoms with E-state index in [1.54, 1.807) is 24.3 Å². The van der Waals surface area contributed by atoms with Crippen LogP contribution >= 0.6 is 23.2 Å². The average molecular weight is 381 g/mol. The van der Waals surface area contributed by atoms with Crippen LogP contribution in [0.15, 0.2) is 42.5 Å². The normalized spacial score (nSPS) is 11.9. The number of hydrogen-bond donors (Lipinski definition) is 3. The molecule has 0 saturated carbocycles. The van der Waals surface area contributed by atoms with E-state index >= 15 is 0 Å². The molecule has 0 aromatic heterocycles. The first-order chi connectivity index (χ1) is 11.8. The summed E-state index contributed by atoms with van der Waals surface area (Å²) in [6.07, 6.45) is 0. The number of phenolic OH excluding ortho intramolecular Hbond substituents is 1. The number of anilines is 1. The van der Waals surface area contributed by atoms with Crippen LogP contribution in [0.4, 0.5) is 5.69 Å². The van der Waals surface area contributed by atoms with Crippen LogP contribution in [-0.2, 0) is 4.79 Å². The number of phenols is 1. The maximum Gasteiger partial charge on any atom is 0.255 e. The number of carbonyl (C=O) groups excluding carboxylic acids is 2. The molecule has 0 spiro atoms. The highest BCUT2D eigenvalue weighted by molar-refractivity contribution is 6.31. The van der Waals surface area contributed by atoms with Crippen LogP contribution in [0, 0.1) is 5.92 Å². The summed E-state index contributed by atoms with van der Waals surface area (Å²) in [5.41, 5.74) is 0.581. The quantitative estimate of drug-likeness (QED) is 0.730. The Balaban J connectivity index is 2.14. The van der Waals surface area contributed by atoms with E-state index in [1.807, 2.05) is 13.8 Å². The molecule has 5 nitrogen and oxygen atoms in total. The van der Waals surface area contributed by atoms with Crippen molar-refractivity contribution in [3.63, 3.8) is 0 Å². The average Bonchev–Trinajstić information content (AvgIpc) is 2.56. The zero-order chi connectivity index (χ0) is 18.6. The minimum atomic E-state index is -0.790. The minimum absolute atomic E-state index is 0.0115. The van der Waals surface area contributed by atoms with Gasteiger partial charge in [-0.2, -0.15) is 0 Å². The Morgan fingerprint density at radius 1 is 1.00 bits per heavy atom. The van der Waals surface area contributed by atoms with Crippen molar-refractivity contribution in [2.24, 2.45) is 5.92 Å². The molecule has 0 saturated heterocycles. The van der Waals surface area contributed by atoms with Gasteiger partial charge in [0, 0.05) is 15.7 Å². The van der Waals surface area contributed by atoms with Crippen LogP contribution in [0.1, 0.15) is 24.2 Å². The second kappa shape index (κ2) is 8.23. The summed E-state index contributed by atoms with van der Waals surface area (Å²) in [7, 11) is 0. The summed E-state index contributed by atoms with van der Waals surface area (Å²) in [5.74, 6) is -1.32. The number of halogens is 2. The van der Waals surface area contributed by atoms with Crippen LogP contribution in [0.2, 0.25) is 10.0 Å². The fourth-order valence-electron chi connectivity index (χ4n) is 2.20. The lowest BCUT2D eigenvalue weighted by Gasteiger charge is -2.22. The molecule has 0 unspecified atom stereocenters. The fourth-order valence-corrected chi connectivity index (χ4v) is 2.50. The molecule has 0 aliphatic heterocycles. The van der Waals surface area contributed by atoms with Gasteiger partial charge in [0.15, 0.2) is 0 Å². The lowest BCUT2D eigenvalue weighted by atomic mass is 10.0. The highest BCUT2D eigenvalue weighted by atomic mass is 35.5. The van der Waals surface area contributed by atoms with Gasteiger partial charge in [0.2, 0.25) is 5.91 Å². The molecule has 0 heterocycles. The first-order valence-electron chi connectivity index (χ1n) is 7.63. The Labute approximate surface area is 156 Å². The molecule has 0 aliphatic rings. The summed E-state index contributed by atoms with van der Waals surface area (Å²) in [4.78, 5) is 24.9. The molecule has 2 aromatic rings. The molecule has 2 aromatic carbocycles. The van der Waals surface area contributed by atoms with Gasteiger partial charge < -0.3 is 15.7 Å². The largest absolute Gasteiger partial charge is 0.507 e. The maximum atomic E-state index is 12.5. The van der Waals surface area contributed by atoms with Crippen molar-refractivity contribution in [1.29, 1.82) is 0 Å². The smallest absolute Gasteiger partial charge is 0.255 e. The lowest BCUT2D eigenvalue weighted by molar-refractivity contribution is -0.118. The van der Waals surface area contributed by atoms with Crippen LogP contribution in [0.3, 0.4) is 0 Å². The van der Waals surface area contributed by atoms with E-state index in [4.69, 9.17) is 23.2 Å². The Morgan fingerprint density at radius 3 is 2.20 bits per heavy atom. The van der Waals surface area contributed by atoms with E-state index in [0.29, 0.717) is 15.7 Å². The third-order valence-corrected chi connectivity index (χ3v) is 4.04. The molecule has 3 N–H and O–H groups in total. The Bertz CT molecular complexity index is 776. The molecule has 7 heteroatoms. The van der Waals surface area contributed by atoms with Gasteiger partial charge in [-0.25, -0.2) is 0 Å². The Morgan fingerprint density at radius 2 is 1.60 bits per heavy atom. The van der Waals surface area contributed by atoms with Crippen molar-refractivity contribution in [3.8, 4) is 5.75 Å². The van der Waals surface area contributed by atoms with E-state index in [0.717, 1.165) is 0 Å². The predicted octanol–water partition coefficient (Wildman–Crippen LogP) is 4.09. The number of amides is 2. The first-order valence-corrected chi connectivity index (χ1v) is 8.39. The highest BCUT2D eigenvalue weighted by Crippen LogP contribution is 2.22. The minimum Gasteiger partial charge on any atom is -0.507 e. The van der Waals surface area contributed by atoms with Crippen LogP contribution in [-0.4, -0.2) is 23.0 Å². The van der Waals surface area contributed by atoms with Gasteiger partial charge in [-0.1, -0.05) is 37.0 Å². The van der Waals surface area contributed by atoms with E-state index in [2.05, 4.69) is 10.6 Å². The molecule has 132 valence electrons. The molecule has 2 rings (SSSR count). The van der Waals surface area contributed by atoms with Crippen molar-refractivity contribution in [2.75, 3.05) is 5.32 Å². The molecule has 0 bridgehead atoms.